The van der Waals surface area contributed by atoms with E-state index in [0.29, 0.717) is 13.1 Å². The van der Waals surface area contributed by atoms with Gasteiger partial charge in [-0.25, -0.2) is 9.97 Å². The van der Waals surface area contributed by atoms with Gasteiger partial charge in [-0.2, -0.15) is 0 Å². The Morgan fingerprint density at radius 3 is 1.33 bits per heavy atom. The summed E-state index contributed by atoms with van der Waals surface area (Å²) in [6.07, 6.45) is 3.39. The van der Waals surface area contributed by atoms with E-state index in [1.54, 1.807) is 0 Å². The van der Waals surface area contributed by atoms with Crippen molar-refractivity contribution >= 4 is 45.7 Å². The van der Waals surface area contributed by atoms with Crippen LogP contribution < -0.4 is 10.6 Å². The molecule has 0 bridgehead atoms. The van der Waals surface area contributed by atoms with Crippen molar-refractivity contribution in [1.29, 1.82) is 0 Å². The molecule has 0 spiro atoms. The van der Waals surface area contributed by atoms with E-state index in [2.05, 4.69) is 69.1 Å². The summed E-state index contributed by atoms with van der Waals surface area (Å²) in [4.78, 5) is 71.3. The predicted octanol–water partition coefficient (Wildman–Crippen LogP) is 6.42. The Bertz CT molecular complexity index is 2050. The molecule has 54 heavy (non-hydrogen) atoms. The molecule has 0 unspecified atom stereocenters. The van der Waals surface area contributed by atoms with E-state index in [1.165, 1.54) is 13.8 Å². The molecule has 282 valence electrons. The van der Waals surface area contributed by atoms with Crippen LogP contribution in [0.1, 0.15) is 91.0 Å². The summed E-state index contributed by atoms with van der Waals surface area (Å²) in [5.74, 6) is 0.927. The summed E-state index contributed by atoms with van der Waals surface area (Å²) in [6, 6.07) is 19.4. The van der Waals surface area contributed by atoms with Gasteiger partial charge in [0, 0.05) is 26.9 Å². The van der Waals surface area contributed by atoms with E-state index in [4.69, 9.17) is 9.97 Å². The van der Waals surface area contributed by atoms with E-state index in [9.17, 15) is 19.2 Å². The van der Waals surface area contributed by atoms with Crippen molar-refractivity contribution in [1.82, 2.24) is 40.4 Å². The Balaban J connectivity index is 1.07. The van der Waals surface area contributed by atoms with Gasteiger partial charge in [0.25, 0.3) is 0 Å². The van der Waals surface area contributed by atoms with Crippen molar-refractivity contribution in [3.05, 3.63) is 72.3 Å². The lowest BCUT2D eigenvalue weighted by molar-refractivity contribution is -0.138. The van der Waals surface area contributed by atoms with E-state index in [1.807, 2.05) is 49.6 Å². The molecule has 0 aliphatic carbocycles. The zero-order valence-corrected chi connectivity index (χ0v) is 31.9. The van der Waals surface area contributed by atoms with Gasteiger partial charge in [0.2, 0.25) is 23.6 Å². The smallest absolute Gasteiger partial charge is 0.246 e. The van der Waals surface area contributed by atoms with Gasteiger partial charge in [-0.3, -0.25) is 19.2 Å². The number of carbonyl (C=O) groups excluding carboxylic acids is 4. The van der Waals surface area contributed by atoms with Crippen LogP contribution >= 0.6 is 0 Å². The predicted molar refractivity (Wildman–Crippen MR) is 209 cm³/mol. The van der Waals surface area contributed by atoms with Crippen molar-refractivity contribution in [2.24, 2.45) is 11.8 Å². The molecule has 2 saturated heterocycles. The third kappa shape index (κ3) is 7.34. The van der Waals surface area contributed by atoms with Crippen LogP contribution in [0.2, 0.25) is 0 Å². The summed E-state index contributed by atoms with van der Waals surface area (Å²) in [5.41, 5.74) is 7.75. The number of imidazole rings is 2. The van der Waals surface area contributed by atoms with E-state index in [0.717, 1.165) is 81.7 Å². The number of hydrogen-bond donors (Lipinski definition) is 4. The van der Waals surface area contributed by atoms with Crippen LogP contribution in [0.4, 0.5) is 0 Å². The van der Waals surface area contributed by atoms with Crippen LogP contribution in [0.25, 0.3) is 44.3 Å². The second-order valence-electron chi connectivity index (χ2n) is 15.5. The second kappa shape index (κ2) is 15.1. The Morgan fingerprint density at radius 2 is 0.981 bits per heavy atom. The van der Waals surface area contributed by atoms with Gasteiger partial charge in [-0.05, 0) is 84.0 Å². The molecule has 2 aromatic heterocycles. The molecule has 2 fully saturated rings. The Kier molecular flexibility index (Phi) is 10.3. The first-order valence-electron chi connectivity index (χ1n) is 19.1. The van der Waals surface area contributed by atoms with Crippen molar-refractivity contribution in [3.8, 4) is 22.3 Å². The van der Waals surface area contributed by atoms with E-state index < -0.39 is 12.1 Å². The standard InChI is InChI=1S/C42H50N8O4/c1-23(2)37(43-25(5)51)41(53)49-19-7-9-35(49)39-45-31-17-15-29(21-33(31)47-39)27-11-13-28(14-12-27)30-16-18-32-34(22-30)48-40(46-32)36-10-8-20-50(36)42(54)38(24(3)4)44-26(6)52/h11-18,21-24,35-38H,7-10,19-20H2,1-6H3,(H,43,51)(H,44,52)(H,45,47)(H,46,48)/t35-,36-,37-,38-/m0/s1. The average molecular weight is 731 g/mol. The summed E-state index contributed by atoms with van der Waals surface area (Å²) in [7, 11) is 0. The quantitative estimate of drug-likeness (QED) is 0.130. The molecular formula is C42H50N8O4. The Hall–Kier alpha value is -5.52. The molecule has 4 heterocycles. The first kappa shape index (κ1) is 36.8. The highest BCUT2D eigenvalue weighted by atomic mass is 16.2. The molecule has 4 atom stereocenters. The number of fused-ring (bicyclic) bond motifs is 2. The number of nitrogens with zero attached hydrogens (tertiary/aromatic N) is 4. The van der Waals surface area contributed by atoms with Crippen molar-refractivity contribution in [3.63, 3.8) is 0 Å². The zero-order chi connectivity index (χ0) is 38.3. The number of H-pyrrole nitrogens is 2. The maximum atomic E-state index is 13.6. The molecule has 5 aromatic rings. The van der Waals surface area contributed by atoms with E-state index >= 15 is 0 Å². The number of amides is 4. The topological polar surface area (TPSA) is 156 Å². The van der Waals surface area contributed by atoms with Gasteiger partial charge in [-0.15, -0.1) is 0 Å². The maximum Gasteiger partial charge on any atom is 0.246 e. The average Bonchev–Trinajstić information content (AvgIpc) is 3.96. The zero-order valence-electron chi connectivity index (χ0n) is 31.9. The molecule has 0 radical (unpaired) electrons. The number of hydrogen-bond acceptors (Lipinski definition) is 6. The SMILES string of the molecule is CC(=O)N[C@H](C(=O)N1CCC[C@H]1c1nc2ccc(-c3ccc(-c4ccc5nc([C@@H]6CCCN6C(=O)[C@@H](NC(C)=O)C(C)C)[nH]c5c4)cc3)cc2[nH]1)C(C)C. The van der Waals surface area contributed by atoms with Crippen LogP contribution in [0.15, 0.2) is 60.7 Å². The third-order valence-electron chi connectivity index (χ3n) is 10.8. The Labute approximate surface area is 315 Å². The summed E-state index contributed by atoms with van der Waals surface area (Å²) >= 11 is 0. The van der Waals surface area contributed by atoms with Crippen molar-refractivity contribution in [2.75, 3.05) is 13.1 Å². The number of aromatic nitrogens is 4. The fourth-order valence-electron chi connectivity index (χ4n) is 8.04. The lowest BCUT2D eigenvalue weighted by Crippen LogP contribution is -2.50. The molecule has 4 N–H and O–H groups in total. The minimum Gasteiger partial charge on any atom is -0.344 e. The number of benzene rings is 3. The highest BCUT2D eigenvalue weighted by molar-refractivity contribution is 5.89. The monoisotopic (exact) mass is 730 g/mol. The molecule has 2 aliphatic heterocycles. The number of rotatable bonds is 10. The molecular weight excluding hydrogens is 681 g/mol. The van der Waals surface area contributed by atoms with Crippen LogP contribution in [0.3, 0.4) is 0 Å². The van der Waals surface area contributed by atoms with Gasteiger partial charge in [0.15, 0.2) is 0 Å². The fourth-order valence-corrected chi connectivity index (χ4v) is 8.04. The number of nitrogens with one attached hydrogen (secondary N) is 4. The van der Waals surface area contributed by atoms with Crippen LogP contribution in [-0.4, -0.2) is 78.5 Å². The molecule has 3 aromatic carbocycles. The number of likely N-dealkylation sites (tertiary alicyclic amines) is 2. The molecule has 2 aliphatic rings. The Morgan fingerprint density at radius 1 is 0.611 bits per heavy atom. The molecule has 12 nitrogen and oxygen atoms in total. The summed E-state index contributed by atoms with van der Waals surface area (Å²) < 4.78 is 0. The van der Waals surface area contributed by atoms with Gasteiger partial charge < -0.3 is 30.4 Å². The number of carbonyl (C=O) groups is 4. The van der Waals surface area contributed by atoms with Crippen molar-refractivity contribution in [2.45, 2.75) is 91.4 Å². The van der Waals surface area contributed by atoms with Gasteiger partial charge in [0.05, 0.1) is 34.2 Å². The fraction of sp³-hybridized carbons (Fsp3) is 0.429. The van der Waals surface area contributed by atoms with Gasteiger partial charge >= 0.3 is 0 Å². The van der Waals surface area contributed by atoms with Crippen LogP contribution in [-0.2, 0) is 19.2 Å². The molecule has 0 saturated carbocycles. The van der Waals surface area contributed by atoms with Crippen LogP contribution in [0.5, 0.6) is 0 Å². The maximum absolute atomic E-state index is 13.6. The van der Waals surface area contributed by atoms with Gasteiger partial charge in [-0.1, -0.05) is 64.1 Å². The summed E-state index contributed by atoms with van der Waals surface area (Å²) in [5, 5.41) is 5.68. The molecule has 12 heteroatoms. The normalized spacial score (nSPS) is 18.5. The van der Waals surface area contributed by atoms with E-state index in [-0.39, 0.29) is 47.5 Å². The first-order valence-corrected chi connectivity index (χ1v) is 19.1. The van der Waals surface area contributed by atoms with Gasteiger partial charge in [0.1, 0.15) is 23.7 Å². The minimum atomic E-state index is -0.568. The highest BCUT2D eigenvalue weighted by Gasteiger charge is 2.38. The lowest BCUT2D eigenvalue weighted by atomic mass is 10.00. The first-order chi connectivity index (χ1) is 25.9. The molecule has 7 rings (SSSR count). The van der Waals surface area contributed by atoms with Crippen molar-refractivity contribution < 1.29 is 19.2 Å². The third-order valence-corrected chi connectivity index (χ3v) is 10.8. The number of aromatic amines is 2. The largest absolute Gasteiger partial charge is 0.344 e. The highest BCUT2D eigenvalue weighted by Crippen LogP contribution is 2.36. The summed E-state index contributed by atoms with van der Waals surface area (Å²) in [6.45, 7) is 11.9. The second-order valence-corrected chi connectivity index (χ2v) is 15.5. The van der Waals surface area contributed by atoms with Crippen LogP contribution in [0, 0.1) is 11.8 Å². The molecule has 4 amide bonds. The minimum absolute atomic E-state index is 0.0265. The lowest BCUT2D eigenvalue weighted by Gasteiger charge is -2.30.